The van der Waals surface area contributed by atoms with Gasteiger partial charge in [0, 0.05) is 5.54 Å². The smallest absolute Gasteiger partial charge is 0.323 e. The van der Waals surface area contributed by atoms with Crippen molar-refractivity contribution in [1.82, 2.24) is 5.32 Å². The predicted molar refractivity (Wildman–Crippen MR) is 47.1 cm³/mol. The van der Waals surface area contributed by atoms with E-state index in [1.165, 1.54) is 0 Å². The van der Waals surface area contributed by atoms with Gasteiger partial charge >= 0.3 is 5.97 Å². The molecule has 0 aliphatic carbocycles. The molecule has 1 rings (SSSR count). The number of carbonyl (C=O) groups is 1. The second-order valence-corrected chi connectivity index (χ2v) is 4.50. The van der Waals surface area contributed by atoms with Gasteiger partial charge in [0.1, 0.15) is 5.54 Å². The Morgan fingerprint density at radius 1 is 1.33 bits per heavy atom. The molecule has 70 valence electrons. The number of carboxylic acid groups (broad SMARTS) is 1. The van der Waals surface area contributed by atoms with E-state index in [1.807, 2.05) is 13.8 Å². The number of nitrogens with one attached hydrogen (secondary N) is 1. The number of piperidine rings is 1. The van der Waals surface area contributed by atoms with Crippen LogP contribution in [-0.4, -0.2) is 22.2 Å². The van der Waals surface area contributed by atoms with Crippen LogP contribution < -0.4 is 5.32 Å². The monoisotopic (exact) mass is 171 g/mol. The molecule has 1 atom stereocenters. The quantitative estimate of drug-likeness (QED) is 0.626. The SMILES string of the molecule is CC1(C)CCCC(C)(C(=O)O)N1. The second kappa shape index (κ2) is 2.73. The molecule has 1 aliphatic rings. The fourth-order valence-electron chi connectivity index (χ4n) is 1.92. The second-order valence-electron chi connectivity index (χ2n) is 4.50. The van der Waals surface area contributed by atoms with Crippen LogP contribution in [0.15, 0.2) is 0 Å². The first-order valence-corrected chi connectivity index (χ1v) is 4.38. The highest BCUT2D eigenvalue weighted by Crippen LogP contribution is 2.28. The first kappa shape index (κ1) is 9.52. The minimum atomic E-state index is -0.740. The Labute approximate surface area is 73.2 Å². The van der Waals surface area contributed by atoms with E-state index in [4.69, 9.17) is 5.11 Å². The van der Waals surface area contributed by atoms with E-state index in [9.17, 15) is 4.79 Å². The van der Waals surface area contributed by atoms with Gasteiger partial charge in [0.15, 0.2) is 0 Å². The fraction of sp³-hybridized carbons (Fsp3) is 0.889. The van der Waals surface area contributed by atoms with E-state index in [2.05, 4.69) is 5.32 Å². The Bertz CT molecular complexity index is 201. The van der Waals surface area contributed by atoms with E-state index in [-0.39, 0.29) is 5.54 Å². The molecule has 1 aliphatic heterocycles. The zero-order valence-electron chi connectivity index (χ0n) is 7.98. The molecule has 0 aromatic rings. The summed E-state index contributed by atoms with van der Waals surface area (Å²) in [6.07, 6.45) is 2.77. The highest BCUT2D eigenvalue weighted by molar-refractivity contribution is 5.78. The molecule has 1 saturated heterocycles. The van der Waals surface area contributed by atoms with Gasteiger partial charge in [-0.1, -0.05) is 0 Å². The molecule has 3 nitrogen and oxygen atoms in total. The summed E-state index contributed by atoms with van der Waals surface area (Å²) in [6.45, 7) is 5.86. The predicted octanol–water partition coefficient (Wildman–Crippen LogP) is 1.38. The van der Waals surface area contributed by atoms with Crippen molar-refractivity contribution in [3.8, 4) is 0 Å². The van der Waals surface area contributed by atoms with Crippen LogP contribution >= 0.6 is 0 Å². The van der Waals surface area contributed by atoms with Crippen molar-refractivity contribution in [3.63, 3.8) is 0 Å². The third-order valence-corrected chi connectivity index (χ3v) is 2.56. The molecular formula is C9H17NO2. The van der Waals surface area contributed by atoms with Gasteiger partial charge in [-0.15, -0.1) is 0 Å². The van der Waals surface area contributed by atoms with E-state index in [0.29, 0.717) is 0 Å². The van der Waals surface area contributed by atoms with E-state index >= 15 is 0 Å². The summed E-state index contributed by atoms with van der Waals surface area (Å²) >= 11 is 0. The van der Waals surface area contributed by atoms with Gasteiger partial charge in [0.2, 0.25) is 0 Å². The standard InChI is InChI=1S/C9H17NO2/c1-8(2)5-4-6-9(3,10-8)7(11)12/h10H,4-6H2,1-3H3,(H,11,12). The van der Waals surface area contributed by atoms with E-state index in [1.54, 1.807) is 6.92 Å². The minimum absolute atomic E-state index is 0.0363. The summed E-state index contributed by atoms with van der Waals surface area (Å²) in [7, 11) is 0. The van der Waals surface area contributed by atoms with Crippen molar-refractivity contribution < 1.29 is 9.90 Å². The molecular weight excluding hydrogens is 154 g/mol. The molecule has 0 radical (unpaired) electrons. The minimum Gasteiger partial charge on any atom is -0.480 e. The number of carboxylic acids is 1. The van der Waals surface area contributed by atoms with Gasteiger partial charge in [-0.25, -0.2) is 0 Å². The Hall–Kier alpha value is -0.570. The molecule has 0 amide bonds. The number of hydrogen-bond acceptors (Lipinski definition) is 2. The highest BCUT2D eigenvalue weighted by Gasteiger charge is 2.40. The number of hydrogen-bond donors (Lipinski definition) is 2. The van der Waals surface area contributed by atoms with Crippen LogP contribution in [0.5, 0.6) is 0 Å². The molecule has 1 fully saturated rings. The summed E-state index contributed by atoms with van der Waals surface area (Å²) < 4.78 is 0. The average Bonchev–Trinajstić information content (AvgIpc) is 1.83. The molecule has 0 aromatic heterocycles. The normalized spacial score (nSPS) is 34.6. The average molecular weight is 171 g/mol. The number of rotatable bonds is 1. The zero-order chi connectivity index (χ0) is 9.41. The molecule has 12 heavy (non-hydrogen) atoms. The lowest BCUT2D eigenvalue weighted by Crippen LogP contribution is -2.60. The Kier molecular flexibility index (Phi) is 2.17. The van der Waals surface area contributed by atoms with Crippen molar-refractivity contribution in [2.24, 2.45) is 0 Å². The van der Waals surface area contributed by atoms with Crippen LogP contribution in [0, 0.1) is 0 Å². The van der Waals surface area contributed by atoms with Gasteiger partial charge in [0.05, 0.1) is 0 Å². The van der Waals surface area contributed by atoms with Gasteiger partial charge in [-0.2, -0.15) is 0 Å². The maximum atomic E-state index is 10.9. The molecule has 1 unspecified atom stereocenters. The molecule has 0 aromatic carbocycles. The van der Waals surface area contributed by atoms with Crippen molar-refractivity contribution in [2.45, 2.75) is 51.1 Å². The molecule has 1 heterocycles. The molecule has 0 bridgehead atoms. The highest BCUT2D eigenvalue weighted by atomic mass is 16.4. The van der Waals surface area contributed by atoms with Gasteiger partial charge < -0.3 is 5.11 Å². The van der Waals surface area contributed by atoms with Crippen molar-refractivity contribution in [1.29, 1.82) is 0 Å². The lowest BCUT2D eigenvalue weighted by atomic mass is 9.82. The summed E-state index contributed by atoms with van der Waals surface area (Å²) in [5.74, 6) is -0.740. The summed E-state index contributed by atoms with van der Waals surface area (Å²) in [6, 6.07) is 0. The van der Waals surface area contributed by atoms with Crippen LogP contribution in [-0.2, 0) is 4.79 Å². The van der Waals surface area contributed by atoms with Gasteiger partial charge in [0.25, 0.3) is 0 Å². The first-order valence-electron chi connectivity index (χ1n) is 4.38. The van der Waals surface area contributed by atoms with Crippen LogP contribution in [0.4, 0.5) is 0 Å². The maximum Gasteiger partial charge on any atom is 0.323 e. The van der Waals surface area contributed by atoms with Crippen molar-refractivity contribution in [2.75, 3.05) is 0 Å². The van der Waals surface area contributed by atoms with Crippen LogP contribution in [0.3, 0.4) is 0 Å². The van der Waals surface area contributed by atoms with Crippen LogP contribution in [0.25, 0.3) is 0 Å². The van der Waals surface area contributed by atoms with Crippen molar-refractivity contribution >= 4 is 5.97 Å². The third kappa shape index (κ3) is 1.78. The Morgan fingerprint density at radius 2 is 1.92 bits per heavy atom. The Morgan fingerprint density at radius 3 is 2.25 bits per heavy atom. The maximum absolute atomic E-state index is 10.9. The third-order valence-electron chi connectivity index (χ3n) is 2.56. The van der Waals surface area contributed by atoms with Crippen molar-refractivity contribution in [3.05, 3.63) is 0 Å². The van der Waals surface area contributed by atoms with Gasteiger partial charge in [-0.05, 0) is 40.0 Å². The van der Waals surface area contributed by atoms with E-state index < -0.39 is 11.5 Å². The van der Waals surface area contributed by atoms with E-state index in [0.717, 1.165) is 19.3 Å². The zero-order valence-corrected chi connectivity index (χ0v) is 7.98. The molecule has 0 spiro atoms. The fourth-order valence-corrected chi connectivity index (χ4v) is 1.92. The van der Waals surface area contributed by atoms with Gasteiger partial charge in [-0.3, -0.25) is 10.1 Å². The lowest BCUT2D eigenvalue weighted by molar-refractivity contribution is -0.146. The molecule has 0 saturated carbocycles. The Balaban J connectivity index is 2.74. The number of aliphatic carboxylic acids is 1. The topological polar surface area (TPSA) is 49.3 Å². The lowest BCUT2D eigenvalue weighted by Gasteiger charge is -2.41. The summed E-state index contributed by atoms with van der Waals surface area (Å²) in [5, 5.41) is 12.1. The van der Waals surface area contributed by atoms with Crippen LogP contribution in [0.2, 0.25) is 0 Å². The summed E-state index contributed by atoms with van der Waals surface area (Å²) in [4.78, 5) is 10.9. The first-order chi connectivity index (χ1) is 5.36. The largest absolute Gasteiger partial charge is 0.480 e. The molecule has 2 N–H and O–H groups in total. The molecule has 3 heteroatoms. The summed E-state index contributed by atoms with van der Waals surface area (Å²) in [5.41, 5.74) is -0.757. The van der Waals surface area contributed by atoms with Crippen LogP contribution in [0.1, 0.15) is 40.0 Å².